The van der Waals surface area contributed by atoms with Gasteiger partial charge in [-0.15, -0.1) is 11.6 Å². The zero-order chi connectivity index (χ0) is 12.5. The molecule has 5 heteroatoms. The second-order valence-electron chi connectivity index (χ2n) is 4.89. The Balaban J connectivity index is 2.06. The predicted octanol–water partition coefficient (Wildman–Crippen LogP) is 2.64. The van der Waals surface area contributed by atoms with Crippen molar-refractivity contribution in [3.63, 3.8) is 0 Å². The molecular formula is C13H17ClN4. The second-order valence-corrected chi connectivity index (χ2v) is 5.27. The zero-order valence-electron chi connectivity index (χ0n) is 10.5. The summed E-state index contributed by atoms with van der Waals surface area (Å²) in [6.07, 6.45) is 5.43. The molecule has 0 N–H and O–H groups in total. The maximum atomic E-state index is 5.95. The van der Waals surface area contributed by atoms with Crippen LogP contribution in [0, 0.1) is 6.92 Å². The molecule has 1 saturated carbocycles. The number of hydrogen-bond donors (Lipinski definition) is 0. The van der Waals surface area contributed by atoms with Gasteiger partial charge in [0.1, 0.15) is 12.1 Å². The van der Waals surface area contributed by atoms with E-state index in [1.54, 1.807) is 6.33 Å². The average Bonchev–Trinajstić information content (AvgIpc) is 2.72. The molecule has 4 nitrogen and oxygen atoms in total. The number of halogens is 1. The van der Waals surface area contributed by atoms with Gasteiger partial charge in [-0.3, -0.25) is 0 Å². The maximum Gasteiger partial charge on any atom is 0.157 e. The van der Waals surface area contributed by atoms with E-state index in [-0.39, 0.29) is 0 Å². The minimum atomic E-state index is 0.609. The summed E-state index contributed by atoms with van der Waals surface area (Å²) in [6, 6.07) is 4.83. The fourth-order valence-electron chi connectivity index (χ4n) is 2.51. The summed E-state index contributed by atoms with van der Waals surface area (Å²) in [5.74, 6) is 1.76. The van der Waals surface area contributed by atoms with Gasteiger partial charge in [-0.25, -0.2) is 4.98 Å². The molecule has 1 fully saturated rings. The highest BCUT2D eigenvalue weighted by Crippen LogP contribution is 2.30. The molecule has 96 valence electrons. The highest BCUT2D eigenvalue weighted by Gasteiger charge is 2.26. The van der Waals surface area contributed by atoms with E-state index in [0.717, 1.165) is 18.0 Å². The molecule has 1 aliphatic rings. The number of fused-ring (bicyclic) bond motifs is 1. The van der Waals surface area contributed by atoms with Crippen molar-refractivity contribution < 1.29 is 0 Å². The Hall–Kier alpha value is -1.29. The lowest BCUT2D eigenvalue weighted by atomic mass is 9.91. The van der Waals surface area contributed by atoms with E-state index in [9.17, 15) is 0 Å². The van der Waals surface area contributed by atoms with Gasteiger partial charge in [0, 0.05) is 18.5 Å². The van der Waals surface area contributed by atoms with Crippen LogP contribution in [0.25, 0.3) is 5.65 Å². The van der Waals surface area contributed by atoms with E-state index < -0.39 is 0 Å². The van der Waals surface area contributed by atoms with Crippen LogP contribution in [0.1, 0.15) is 24.8 Å². The van der Waals surface area contributed by atoms with Crippen LogP contribution in [0.5, 0.6) is 0 Å². The Morgan fingerprint density at radius 3 is 2.94 bits per heavy atom. The molecule has 0 atom stereocenters. The quantitative estimate of drug-likeness (QED) is 0.796. The van der Waals surface area contributed by atoms with E-state index in [1.165, 1.54) is 24.8 Å². The lowest BCUT2D eigenvalue weighted by Crippen LogP contribution is -2.42. The van der Waals surface area contributed by atoms with Gasteiger partial charge in [-0.2, -0.15) is 9.61 Å². The van der Waals surface area contributed by atoms with Crippen molar-refractivity contribution in [2.24, 2.45) is 0 Å². The van der Waals surface area contributed by atoms with Gasteiger partial charge >= 0.3 is 0 Å². The smallest absolute Gasteiger partial charge is 0.157 e. The monoisotopic (exact) mass is 264 g/mol. The van der Waals surface area contributed by atoms with Crippen LogP contribution in [0.15, 0.2) is 18.5 Å². The number of alkyl halides is 1. The van der Waals surface area contributed by atoms with E-state index in [4.69, 9.17) is 11.6 Å². The van der Waals surface area contributed by atoms with Crippen LogP contribution in [-0.2, 0) is 0 Å². The van der Waals surface area contributed by atoms with Crippen LogP contribution in [0.3, 0.4) is 0 Å². The number of aromatic nitrogens is 3. The summed E-state index contributed by atoms with van der Waals surface area (Å²) in [7, 11) is 0. The van der Waals surface area contributed by atoms with Gasteiger partial charge in [0.15, 0.2) is 5.65 Å². The van der Waals surface area contributed by atoms with Crippen molar-refractivity contribution in [3.05, 3.63) is 24.0 Å². The molecule has 0 saturated heterocycles. The molecule has 0 bridgehead atoms. The van der Waals surface area contributed by atoms with Gasteiger partial charge in [-0.05, 0) is 43.9 Å². The molecule has 3 rings (SSSR count). The highest BCUT2D eigenvalue weighted by atomic mass is 35.5. The van der Waals surface area contributed by atoms with Crippen LogP contribution >= 0.6 is 11.6 Å². The lowest BCUT2D eigenvalue weighted by molar-refractivity contribution is 0.387. The molecule has 0 radical (unpaired) electrons. The third-order valence-electron chi connectivity index (χ3n) is 3.64. The molecule has 1 aliphatic carbocycles. The number of anilines is 1. The molecule has 2 aromatic rings. The van der Waals surface area contributed by atoms with Gasteiger partial charge in [0.05, 0.1) is 0 Å². The van der Waals surface area contributed by atoms with Crippen molar-refractivity contribution in [2.75, 3.05) is 17.3 Å². The van der Waals surface area contributed by atoms with E-state index in [1.807, 2.05) is 4.52 Å². The molecular weight excluding hydrogens is 248 g/mol. The number of nitrogens with zero attached hydrogens (tertiary/aromatic N) is 4. The topological polar surface area (TPSA) is 33.4 Å². The summed E-state index contributed by atoms with van der Waals surface area (Å²) in [6.45, 7) is 2.96. The average molecular weight is 265 g/mol. The number of rotatable bonds is 4. The van der Waals surface area contributed by atoms with Crippen molar-refractivity contribution in [1.29, 1.82) is 0 Å². The van der Waals surface area contributed by atoms with Crippen LogP contribution < -0.4 is 4.90 Å². The SMILES string of the molecule is Cc1cc(N(CCCl)C2CCC2)n2ncnc2c1. The fourth-order valence-corrected chi connectivity index (χ4v) is 2.70. The van der Waals surface area contributed by atoms with Gasteiger partial charge < -0.3 is 4.90 Å². The van der Waals surface area contributed by atoms with Crippen LogP contribution in [0.2, 0.25) is 0 Å². The third kappa shape index (κ3) is 1.94. The standard InChI is InChI=1S/C13H17ClN4/c1-10-7-12-15-9-16-18(12)13(8-10)17(6-5-14)11-3-2-4-11/h7-9,11H,2-6H2,1H3. The van der Waals surface area contributed by atoms with Crippen molar-refractivity contribution in [3.8, 4) is 0 Å². The summed E-state index contributed by atoms with van der Waals surface area (Å²) >= 11 is 5.95. The first-order valence-electron chi connectivity index (χ1n) is 6.42. The Kier molecular flexibility index (Phi) is 3.12. The second kappa shape index (κ2) is 4.76. The van der Waals surface area contributed by atoms with E-state index in [2.05, 4.69) is 34.0 Å². The minimum absolute atomic E-state index is 0.609. The van der Waals surface area contributed by atoms with Gasteiger partial charge in [-0.1, -0.05) is 0 Å². The molecule has 0 unspecified atom stereocenters. The first-order valence-corrected chi connectivity index (χ1v) is 6.96. The summed E-state index contributed by atoms with van der Waals surface area (Å²) in [5, 5.41) is 4.32. The molecule has 2 heterocycles. The van der Waals surface area contributed by atoms with Gasteiger partial charge in [0.25, 0.3) is 0 Å². The number of aryl methyl sites for hydroxylation is 1. The summed E-state index contributed by atoms with van der Waals surface area (Å²) < 4.78 is 1.91. The van der Waals surface area contributed by atoms with Crippen LogP contribution in [-0.4, -0.2) is 33.1 Å². The highest BCUT2D eigenvalue weighted by molar-refractivity contribution is 6.18. The van der Waals surface area contributed by atoms with Crippen molar-refractivity contribution in [2.45, 2.75) is 32.2 Å². The maximum absolute atomic E-state index is 5.95. The molecule has 18 heavy (non-hydrogen) atoms. The Labute approximate surface area is 112 Å². The molecule has 0 amide bonds. The first-order chi connectivity index (χ1) is 8.79. The number of pyridine rings is 1. The van der Waals surface area contributed by atoms with Crippen LogP contribution in [0.4, 0.5) is 5.82 Å². The Morgan fingerprint density at radius 2 is 2.28 bits per heavy atom. The Bertz CT molecular complexity index is 547. The summed E-state index contributed by atoms with van der Waals surface area (Å²) in [4.78, 5) is 6.66. The predicted molar refractivity (Wildman–Crippen MR) is 73.4 cm³/mol. The minimum Gasteiger partial charge on any atom is -0.352 e. The lowest BCUT2D eigenvalue weighted by Gasteiger charge is -2.38. The van der Waals surface area contributed by atoms with Crippen molar-refractivity contribution in [1.82, 2.24) is 14.6 Å². The van der Waals surface area contributed by atoms with Gasteiger partial charge in [0.2, 0.25) is 0 Å². The Morgan fingerprint density at radius 1 is 1.44 bits per heavy atom. The fraction of sp³-hybridized carbons (Fsp3) is 0.538. The normalized spacial score (nSPS) is 15.9. The van der Waals surface area contributed by atoms with E-state index in [0.29, 0.717) is 11.9 Å². The molecule has 0 aromatic carbocycles. The number of hydrogen-bond acceptors (Lipinski definition) is 3. The molecule has 0 spiro atoms. The third-order valence-corrected chi connectivity index (χ3v) is 3.81. The summed E-state index contributed by atoms with van der Waals surface area (Å²) in [5.41, 5.74) is 2.12. The first kappa shape index (κ1) is 11.8. The van der Waals surface area contributed by atoms with Crippen molar-refractivity contribution >= 4 is 23.1 Å². The molecule has 2 aromatic heterocycles. The zero-order valence-corrected chi connectivity index (χ0v) is 11.3. The van der Waals surface area contributed by atoms with E-state index >= 15 is 0 Å². The largest absolute Gasteiger partial charge is 0.352 e. The molecule has 0 aliphatic heterocycles.